The molecule has 2 rings (SSSR count). The Morgan fingerprint density at radius 3 is 2.55 bits per heavy atom. The summed E-state index contributed by atoms with van der Waals surface area (Å²) in [7, 11) is 0. The third-order valence-corrected chi connectivity index (χ3v) is 2.96. The standard InChI is InChI=1S/C13H9BrF4N2/c14-12-3-1-2-9(20-12)7-19-8-4-5-11(15)10(6-8)13(16,17)18/h1-6,19H,7H2. The van der Waals surface area contributed by atoms with E-state index in [1.807, 2.05) is 0 Å². The molecule has 0 spiro atoms. The molecule has 2 aromatic rings. The van der Waals surface area contributed by atoms with Gasteiger partial charge in [0.1, 0.15) is 10.4 Å². The van der Waals surface area contributed by atoms with Crippen LogP contribution in [-0.2, 0) is 12.7 Å². The number of alkyl halides is 3. The van der Waals surface area contributed by atoms with Gasteiger partial charge in [0.25, 0.3) is 0 Å². The van der Waals surface area contributed by atoms with Crippen LogP contribution in [0.5, 0.6) is 0 Å². The van der Waals surface area contributed by atoms with E-state index in [1.54, 1.807) is 18.2 Å². The van der Waals surface area contributed by atoms with Gasteiger partial charge >= 0.3 is 6.18 Å². The van der Waals surface area contributed by atoms with Gasteiger partial charge in [-0.2, -0.15) is 13.2 Å². The molecule has 1 aromatic heterocycles. The number of hydrogen-bond acceptors (Lipinski definition) is 2. The molecule has 2 nitrogen and oxygen atoms in total. The van der Waals surface area contributed by atoms with E-state index in [-0.39, 0.29) is 12.2 Å². The molecular formula is C13H9BrF4N2. The van der Waals surface area contributed by atoms with Gasteiger partial charge in [-0.25, -0.2) is 9.37 Å². The molecule has 0 amide bonds. The lowest BCUT2D eigenvalue weighted by atomic mass is 10.2. The van der Waals surface area contributed by atoms with Gasteiger partial charge in [-0.1, -0.05) is 6.07 Å². The molecule has 1 aromatic carbocycles. The van der Waals surface area contributed by atoms with Crippen LogP contribution in [0.4, 0.5) is 23.2 Å². The largest absolute Gasteiger partial charge is 0.419 e. The second-order valence-electron chi connectivity index (χ2n) is 4.00. The lowest BCUT2D eigenvalue weighted by molar-refractivity contribution is -0.139. The Morgan fingerprint density at radius 1 is 1.15 bits per heavy atom. The van der Waals surface area contributed by atoms with E-state index in [2.05, 4.69) is 26.2 Å². The zero-order valence-electron chi connectivity index (χ0n) is 10.0. The van der Waals surface area contributed by atoms with E-state index in [0.717, 1.165) is 12.1 Å². The summed E-state index contributed by atoms with van der Waals surface area (Å²) in [5.41, 5.74) is -0.456. The maximum atomic E-state index is 13.1. The molecule has 0 aliphatic rings. The molecule has 0 aliphatic carbocycles. The van der Waals surface area contributed by atoms with Crippen LogP contribution in [-0.4, -0.2) is 4.98 Å². The fourth-order valence-electron chi connectivity index (χ4n) is 1.59. The number of rotatable bonds is 3. The van der Waals surface area contributed by atoms with E-state index in [4.69, 9.17) is 0 Å². The minimum atomic E-state index is -4.71. The lowest BCUT2D eigenvalue weighted by Gasteiger charge is -2.11. The Morgan fingerprint density at radius 2 is 1.90 bits per heavy atom. The molecule has 20 heavy (non-hydrogen) atoms. The molecule has 7 heteroatoms. The van der Waals surface area contributed by atoms with Crippen LogP contribution in [0.3, 0.4) is 0 Å². The number of halogens is 5. The SMILES string of the molecule is Fc1ccc(NCc2cccc(Br)n2)cc1C(F)(F)F. The minimum Gasteiger partial charge on any atom is -0.379 e. The molecule has 1 heterocycles. The Kier molecular flexibility index (Phi) is 4.27. The molecule has 0 saturated heterocycles. The van der Waals surface area contributed by atoms with E-state index < -0.39 is 17.6 Å². The number of anilines is 1. The lowest BCUT2D eigenvalue weighted by Crippen LogP contribution is -2.09. The quantitative estimate of drug-likeness (QED) is 0.646. The fraction of sp³-hybridized carbons (Fsp3) is 0.154. The van der Waals surface area contributed by atoms with Crippen molar-refractivity contribution < 1.29 is 17.6 Å². The zero-order chi connectivity index (χ0) is 14.8. The van der Waals surface area contributed by atoms with Gasteiger partial charge in [0.15, 0.2) is 0 Å². The fourth-order valence-corrected chi connectivity index (χ4v) is 1.97. The van der Waals surface area contributed by atoms with Crippen molar-refractivity contribution in [3.05, 3.63) is 58.1 Å². The van der Waals surface area contributed by atoms with Crippen molar-refractivity contribution in [2.75, 3.05) is 5.32 Å². The van der Waals surface area contributed by atoms with E-state index >= 15 is 0 Å². The first kappa shape index (κ1) is 14.8. The van der Waals surface area contributed by atoms with Crippen molar-refractivity contribution in [2.24, 2.45) is 0 Å². The molecular weight excluding hydrogens is 340 g/mol. The van der Waals surface area contributed by atoms with Gasteiger partial charge in [-0.05, 0) is 46.3 Å². The molecule has 0 atom stereocenters. The van der Waals surface area contributed by atoms with E-state index in [0.29, 0.717) is 10.3 Å². The smallest absolute Gasteiger partial charge is 0.379 e. The summed E-state index contributed by atoms with van der Waals surface area (Å²) in [6.45, 7) is 0.238. The van der Waals surface area contributed by atoms with Crippen LogP contribution in [0, 0.1) is 5.82 Å². The Hall–Kier alpha value is -1.63. The molecule has 0 radical (unpaired) electrons. The molecule has 0 saturated carbocycles. The maximum absolute atomic E-state index is 13.1. The highest BCUT2D eigenvalue weighted by atomic mass is 79.9. The zero-order valence-corrected chi connectivity index (χ0v) is 11.6. The molecule has 0 unspecified atom stereocenters. The van der Waals surface area contributed by atoms with Crippen molar-refractivity contribution in [1.82, 2.24) is 4.98 Å². The van der Waals surface area contributed by atoms with Crippen LogP contribution in [0.1, 0.15) is 11.3 Å². The van der Waals surface area contributed by atoms with Crippen molar-refractivity contribution in [3.8, 4) is 0 Å². The summed E-state index contributed by atoms with van der Waals surface area (Å²) in [6.07, 6.45) is -4.71. The topological polar surface area (TPSA) is 24.9 Å². The number of hydrogen-bond donors (Lipinski definition) is 1. The van der Waals surface area contributed by atoms with Gasteiger partial charge < -0.3 is 5.32 Å². The average Bonchev–Trinajstić information content (AvgIpc) is 2.36. The van der Waals surface area contributed by atoms with Crippen molar-refractivity contribution in [2.45, 2.75) is 12.7 Å². The highest BCUT2D eigenvalue weighted by Crippen LogP contribution is 2.33. The third-order valence-electron chi connectivity index (χ3n) is 2.52. The Labute approximate surface area is 121 Å². The van der Waals surface area contributed by atoms with E-state index in [1.165, 1.54) is 6.07 Å². The number of nitrogens with zero attached hydrogens (tertiary/aromatic N) is 1. The summed E-state index contributed by atoms with van der Waals surface area (Å²) in [4.78, 5) is 4.13. The molecule has 0 aliphatic heterocycles. The summed E-state index contributed by atoms with van der Waals surface area (Å²) < 4.78 is 51.4. The monoisotopic (exact) mass is 348 g/mol. The van der Waals surface area contributed by atoms with Crippen LogP contribution >= 0.6 is 15.9 Å². The number of nitrogens with one attached hydrogen (secondary N) is 1. The van der Waals surface area contributed by atoms with Gasteiger partial charge in [0.05, 0.1) is 17.8 Å². The highest BCUT2D eigenvalue weighted by Gasteiger charge is 2.34. The minimum absolute atomic E-state index is 0.181. The molecule has 106 valence electrons. The first-order valence-corrected chi connectivity index (χ1v) is 6.37. The van der Waals surface area contributed by atoms with Crippen molar-refractivity contribution in [1.29, 1.82) is 0 Å². The van der Waals surface area contributed by atoms with Gasteiger partial charge in [-0.3, -0.25) is 0 Å². The summed E-state index contributed by atoms with van der Waals surface area (Å²) in [5.74, 6) is -1.29. The Bertz CT molecular complexity index is 614. The molecule has 0 fully saturated rings. The molecule has 0 bridgehead atoms. The maximum Gasteiger partial charge on any atom is 0.419 e. The van der Waals surface area contributed by atoms with E-state index in [9.17, 15) is 17.6 Å². The highest BCUT2D eigenvalue weighted by molar-refractivity contribution is 9.10. The van der Waals surface area contributed by atoms with Crippen molar-refractivity contribution >= 4 is 21.6 Å². The summed E-state index contributed by atoms with van der Waals surface area (Å²) >= 11 is 3.20. The number of benzene rings is 1. The predicted molar refractivity (Wildman–Crippen MR) is 70.7 cm³/mol. The number of aromatic nitrogens is 1. The van der Waals surface area contributed by atoms with Crippen molar-refractivity contribution in [3.63, 3.8) is 0 Å². The van der Waals surface area contributed by atoms with Crippen LogP contribution < -0.4 is 5.32 Å². The van der Waals surface area contributed by atoms with Gasteiger partial charge in [0.2, 0.25) is 0 Å². The molecule has 1 N–H and O–H groups in total. The van der Waals surface area contributed by atoms with Gasteiger partial charge in [0, 0.05) is 5.69 Å². The average molecular weight is 349 g/mol. The first-order chi connectivity index (χ1) is 9.36. The second kappa shape index (κ2) is 5.78. The first-order valence-electron chi connectivity index (χ1n) is 5.58. The van der Waals surface area contributed by atoms with Gasteiger partial charge in [-0.15, -0.1) is 0 Å². The third kappa shape index (κ3) is 3.69. The number of pyridine rings is 1. The normalized spacial score (nSPS) is 11.4. The predicted octanol–water partition coefficient (Wildman–Crippen LogP) is 4.61. The Balaban J connectivity index is 2.14. The summed E-state index contributed by atoms with van der Waals surface area (Å²) in [6, 6.07) is 8.02. The van der Waals surface area contributed by atoms with Crippen LogP contribution in [0.15, 0.2) is 41.0 Å². The summed E-state index contributed by atoms with van der Waals surface area (Å²) in [5, 5.41) is 2.78. The van der Waals surface area contributed by atoms with Crippen LogP contribution in [0.2, 0.25) is 0 Å². The van der Waals surface area contributed by atoms with Crippen LogP contribution in [0.25, 0.3) is 0 Å². The second-order valence-corrected chi connectivity index (χ2v) is 4.81.